The van der Waals surface area contributed by atoms with Gasteiger partial charge in [-0.15, -0.1) is 0 Å². The molecule has 4 rings (SSSR count). The van der Waals surface area contributed by atoms with Crippen molar-refractivity contribution in [3.8, 4) is 0 Å². The number of nitrogens with zero attached hydrogens (tertiary/aromatic N) is 2. The van der Waals surface area contributed by atoms with Gasteiger partial charge in [0.05, 0.1) is 11.4 Å². The number of nitrogens with one attached hydrogen (secondary N) is 1. The largest absolute Gasteiger partial charge is 0.370 e. The highest BCUT2D eigenvalue weighted by atomic mass is 19.1. The first-order chi connectivity index (χ1) is 14.6. The summed E-state index contributed by atoms with van der Waals surface area (Å²) in [5, 5.41) is 2.82. The molecular formula is C24H26FN3O2. The monoisotopic (exact) mass is 407 g/mol. The van der Waals surface area contributed by atoms with E-state index in [1.165, 1.54) is 24.6 Å². The topological polar surface area (TPSA) is 52.7 Å². The molecule has 30 heavy (non-hydrogen) atoms. The van der Waals surface area contributed by atoms with E-state index in [0.717, 1.165) is 55.8 Å². The fraction of sp³-hybridized carbons (Fsp3) is 0.333. The Balaban J connectivity index is 1.42. The minimum atomic E-state index is -0.373. The third-order valence-electron chi connectivity index (χ3n) is 5.62. The first kappa shape index (κ1) is 20.1. The molecule has 0 spiro atoms. The predicted molar refractivity (Wildman–Crippen MR) is 118 cm³/mol. The summed E-state index contributed by atoms with van der Waals surface area (Å²) < 4.78 is 13.8. The summed E-state index contributed by atoms with van der Waals surface area (Å²) in [6.07, 6.45) is 8.05. The number of anilines is 3. The minimum Gasteiger partial charge on any atom is -0.370 e. The fourth-order valence-corrected chi connectivity index (χ4v) is 4.05. The summed E-state index contributed by atoms with van der Waals surface area (Å²) in [4.78, 5) is 28.3. The zero-order valence-electron chi connectivity index (χ0n) is 16.9. The second kappa shape index (κ2) is 9.11. The molecule has 0 bridgehead atoms. The molecule has 0 unspecified atom stereocenters. The van der Waals surface area contributed by atoms with Crippen LogP contribution in [0.5, 0.6) is 0 Å². The third kappa shape index (κ3) is 4.70. The average molecular weight is 407 g/mol. The average Bonchev–Trinajstić information content (AvgIpc) is 3.19. The van der Waals surface area contributed by atoms with E-state index in [2.05, 4.69) is 10.2 Å². The maximum absolute atomic E-state index is 13.8. The molecule has 2 fully saturated rings. The molecule has 0 radical (unpaired) electrons. The van der Waals surface area contributed by atoms with Crippen LogP contribution >= 0.6 is 0 Å². The molecule has 6 heteroatoms. The van der Waals surface area contributed by atoms with E-state index in [4.69, 9.17) is 0 Å². The number of rotatable bonds is 5. The van der Waals surface area contributed by atoms with Crippen molar-refractivity contribution >= 4 is 35.0 Å². The Morgan fingerprint density at radius 2 is 1.73 bits per heavy atom. The van der Waals surface area contributed by atoms with Crippen LogP contribution in [0.4, 0.5) is 21.5 Å². The molecule has 2 aliphatic rings. The molecule has 2 saturated heterocycles. The third-order valence-corrected chi connectivity index (χ3v) is 5.62. The van der Waals surface area contributed by atoms with Crippen molar-refractivity contribution in [3.63, 3.8) is 0 Å². The number of hydrogen-bond acceptors (Lipinski definition) is 3. The van der Waals surface area contributed by atoms with Gasteiger partial charge in [0.1, 0.15) is 5.82 Å². The van der Waals surface area contributed by atoms with Crippen molar-refractivity contribution in [1.82, 2.24) is 0 Å². The number of carbonyl (C=O) groups excluding carboxylic acids is 2. The zero-order valence-corrected chi connectivity index (χ0v) is 16.9. The van der Waals surface area contributed by atoms with Gasteiger partial charge >= 0.3 is 0 Å². The number of hydrogen-bond donors (Lipinski definition) is 1. The van der Waals surface area contributed by atoms with E-state index in [9.17, 15) is 14.0 Å². The van der Waals surface area contributed by atoms with Crippen LogP contribution in [-0.2, 0) is 9.59 Å². The number of amides is 2. The smallest absolute Gasteiger partial charge is 0.248 e. The summed E-state index contributed by atoms with van der Waals surface area (Å²) >= 11 is 0. The Kier molecular flexibility index (Phi) is 6.12. The molecule has 0 aromatic heterocycles. The Morgan fingerprint density at radius 3 is 2.43 bits per heavy atom. The van der Waals surface area contributed by atoms with Gasteiger partial charge in [0.15, 0.2) is 0 Å². The molecule has 2 aromatic carbocycles. The van der Waals surface area contributed by atoms with Crippen LogP contribution in [0.1, 0.15) is 37.7 Å². The summed E-state index contributed by atoms with van der Waals surface area (Å²) in [6, 6.07) is 12.1. The van der Waals surface area contributed by atoms with Crippen LogP contribution in [0.25, 0.3) is 6.08 Å². The normalized spacial score (nSPS) is 17.0. The van der Waals surface area contributed by atoms with Gasteiger partial charge in [-0.2, -0.15) is 0 Å². The van der Waals surface area contributed by atoms with E-state index in [1.54, 1.807) is 17.0 Å². The Morgan fingerprint density at radius 1 is 0.967 bits per heavy atom. The van der Waals surface area contributed by atoms with Gasteiger partial charge in [0, 0.05) is 37.8 Å². The van der Waals surface area contributed by atoms with Gasteiger partial charge in [-0.3, -0.25) is 9.59 Å². The minimum absolute atomic E-state index is 0.150. The Bertz CT molecular complexity index is 949. The van der Waals surface area contributed by atoms with Gasteiger partial charge in [-0.25, -0.2) is 4.39 Å². The van der Waals surface area contributed by atoms with E-state index in [-0.39, 0.29) is 17.6 Å². The van der Waals surface area contributed by atoms with E-state index < -0.39 is 0 Å². The van der Waals surface area contributed by atoms with Crippen molar-refractivity contribution in [2.24, 2.45) is 0 Å². The number of benzene rings is 2. The lowest BCUT2D eigenvalue weighted by Gasteiger charge is -2.30. The second-order valence-electron chi connectivity index (χ2n) is 7.77. The van der Waals surface area contributed by atoms with Crippen LogP contribution in [0, 0.1) is 5.82 Å². The highest BCUT2D eigenvalue weighted by molar-refractivity contribution is 6.04. The van der Waals surface area contributed by atoms with Crippen LogP contribution in [-0.4, -0.2) is 31.4 Å². The number of piperidine rings is 1. The predicted octanol–water partition coefficient (Wildman–Crippen LogP) is 4.59. The van der Waals surface area contributed by atoms with Crippen LogP contribution in [0.2, 0.25) is 0 Å². The lowest BCUT2D eigenvalue weighted by atomic mass is 10.1. The van der Waals surface area contributed by atoms with Crippen LogP contribution in [0.3, 0.4) is 0 Å². The number of halogens is 1. The maximum atomic E-state index is 13.8. The summed E-state index contributed by atoms with van der Waals surface area (Å²) in [6.45, 7) is 2.58. The molecule has 5 nitrogen and oxygen atoms in total. The van der Waals surface area contributed by atoms with Crippen LogP contribution in [0.15, 0.2) is 48.5 Å². The quantitative estimate of drug-likeness (QED) is 0.738. The molecule has 2 heterocycles. The van der Waals surface area contributed by atoms with E-state index >= 15 is 0 Å². The molecule has 156 valence electrons. The molecule has 0 aliphatic carbocycles. The fourth-order valence-electron chi connectivity index (χ4n) is 4.05. The molecule has 1 N–H and O–H groups in total. The molecular weight excluding hydrogens is 381 g/mol. The van der Waals surface area contributed by atoms with Gasteiger partial charge in [-0.05, 0) is 67.7 Å². The van der Waals surface area contributed by atoms with Crippen LogP contribution < -0.4 is 15.1 Å². The summed E-state index contributed by atoms with van der Waals surface area (Å²) in [5.41, 5.74) is 3.09. The molecule has 2 aromatic rings. The lowest BCUT2D eigenvalue weighted by molar-refractivity contribution is -0.117. The summed E-state index contributed by atoms with van der Waals surface area (Å²) in [7, 11) is 0. The van der Waals surface area contributed by atoms with E-state index in [1.807, 2.05) is 24.3 Å². The lowest BCUT2D eigenvalue weighted by Crippen LogP contribution is -2.30. The highest BCUT2D eigenvalue weighted by Crippen LogP contribution is 2.29. The van der Waals surface area contributed by atoms with Crippen molar-refractivity contribution in [2.75, 3.05) is 34.8 Å². The number of carbonyl (C=O) groups is 2. The Hall–Kier alpha value is -3.15. The molecule has 2 aliphatic heterocycles. The van der Waals surface area contributed by atoms with Crippen molar-refractivity contribution in [3.05, 3.63) is 59.9 Å². The standard InChI is InChI=1S/C24H26FN3O2/c25-19-9-12-22(27-14-2-1-3-15-27)21(17-19)26-23(29)13-8-18-6-10-20(11-7-18)28-16-4-5-24(28)30/h6-13,17H,1-5,14-16H2,(H,26,29)/b13-8+. The first-order valence-corrected chi connectivity index (χ1v) is 10.5. The summed E-state index contributed by atoms with van der Waals surface area (Å²) in [5.74, 6) is -0.531. The highest BCUT2D eigenvalue weighted by Gasteiger charge is 2.21. The Labute approximate surface area is 176 Å². The molecule has 2 amide bonds. The van der Waals surface area contributed by atoms with Crippen molar-refractivity contribution in [1.29, 1.82) is 0 Å². The van der Waals surface area contributed by atoms with Gasteiger partial charge < -0.3 is 15.1 Å². The second-order valence-corrected chi connectivity index (χ2v) is 7.77. The zero-order chi connectivity index (χ0) is 20.9. The maximum Gasteiger partial charge on any atom is 0.248 e. The molecule has 0 atom stereocenters. The van der Waals surface area contributed by atoms with Gasteiger partial charge in [-0.1, -0.05) is 12.1 Å². The first-order valence-electron chi connectivity index (χ1n) is 10.5. The van der Waals surface area contributed by atoms with Crippen molar-refractivity contribution < 1.29 is 14.0 Å². The van der Waals surface area contributed by atoms with Gasteiger partial charge in [0.2, 0.25) is 11.8 Å². The SMILES string of the molecule is O=C(/C=C/c1ccc(N2CCCC2=O)cc1)Nc1cc(F)ccc1N1CCCCC1. The molecule has 0 saturated carbocycles. The van der Waals surface area contributed by atoms with E-state index in [0.29, 0.717) is 12.1 Å². The van der Waals surface area contributed by atoms with Gasteiger partial charge in [0.25, 0.3) is 0 Å². The van der Waals surface area contributed by atoms with Crippen molar-refractivity contribution in [2.45, 2.75) is 32.1 Å².